The lowest BCUT2D eigenvalue weighted by Gasteiger charge is -2.29. The molecule has 0 fully saturated rings. The van der Waals surface area contributed by atoms with Crippen LogP contribution >= 0.6 is 0 Å². The second-order valence-electron chi connectivity index (χ2n) is 8.93. The molecule has 1 atom stereocenters. The smallest absolute Gasteiger partial charge is 0.231 e. The van der Waals surface area contributed by atoms with Crippen molar-refractivity contribution >= 4 is 17.3 Å². The van der Waals surface area contributed by atoms with Crippen molar-refractivity contribution < 1.29 is 38.8 Å². The van der Waals surface area contributed by atoms with Crippen molar-refractivity contribution in [3.63, 3.8) is 0 Å². The summed E-state index contributed by atoms with van der Waals surface area (Å²) in [5.41, 5.74) is -0.456. The third-order valence-corrected chi connectivity index (χ3v) is 6.75. The van der Waals surface area contributed by atoms with Gasteiger partial charge in [0.05, 0.1) is 11.1 Å². The highest BCUT2D eigenvalue weighted by Gasteiger charge is 2.56. The molecule has 0 spiro atoms. The topological polar surface area (TPSA) is 131 Å². The molecule has 9 nitrogen and oxygen atoms in total. The van der Waals surface area contributed by atoms with E-state index in [1.807, 2.05) is 12.1 Å². The van der Waals surface area contributed by atoms with Gasteiger partial charge in [-0.05, 0) is 45.4 Å². The summed E-state index contributed by atoms with van der Waals surface area (Å²) in [4.78, 5) is 39.1. The first-order chi connectivity index (χ1) is 16.6. The summed E-state index contributed by atoms with van der Waals surface area (Å²) >= 11 is 0. The van der Waals surface area contributed by atoms with E-state index in [2.05, 4.69) is 5.32 Å². The number of benzene rings is 2. The number of ether oxygens (including phenoxy) is 3. The highest BCUT2D eigenvalue weighted by atomic mass is 16.7. The summed E-state index contributed by atoms with van der Waals surface area (Å²) in [6, 6.07) is 5.45. The molecule has 0 unspecified atom stereocenters. The number of nitrogens with one attached hydrogen (secondary N) is 1. The fraction of sp³-hybridized carbons (Fsp3) is 0.269. The number of carbonyl (C=O) groups excluding carboxylic acids is 3. The Bertz CT molecular complexity index is 1420. The third kappa shape index (κ3) is 3.11. The van der Waals surface area contributed by atoms with Crippen LogP contribution in [0, 0.1) is 6.92 Å². The van der Waals surface area contributed by atoms with Gasteiger partial charge in [-0.15, -0.1) is 0 Å². The molecule has 9 heteroatoms. The zero-order chi connectivity index (χ0) is 25.2. The first-order valence-electron chi connectivity index (χ1n) is 11.0. The van der Waals surface area contributed by atoms with Crippen molar-refractivity contribution in [1.82, 2.24) is 5.32 Å². The predicted octanol–water partition coefficient (Wildman–Crippen LogP) is 3.09. The number of fused-ring (bicyclic) bond motifs is 4. The van der Waals surface area contributed by atoms with Crippen LogP contribution in [0.3, 0.4) is 0 Å². The molecule has 2 aliphatic heterocycles. The van der Waals surface area contributed by atoms with Crippen molar-refractivity contribution in [2.24, 2.45) is 0 Å². The summed E-state index contributed by atoms with van der Waals surface area (Å²) in [5, 5.41) is 24.5. The maximum atomic E-state index is 13.8. The number of Topliss-reactive ketones (excluding diaryl/α,β-unsaturated/α-hetero) is 2. The van der Waals surface area contributed by atoms with E-state index in [-0.39, 0.29) is 46.3 Å². The van der Waals surface area contributed by atoms with Crippen molar-refractivity contribution in [2.45, 2.75) is 39.7 Å². The minimum Gasteiger partial charge on any atom is -0.507 e. The van der Waals surface area contributed by atoms with E-state index < -0.39 is 28.5 Å². The minimum absolute atomic E-state index is 0.00220. The van der Waals surface area contributed by atoms with Gasteiger partial charge < -0.3 is 29.7 Å². The van der Waals surface area contributed by atoms with E-state index in [1.54, 1.807) is 13.0 Å². The second kappa shape index (κ2) is 7.63. The monoisotopic (exact) mass is 477 g/mol. The lowest BCUT2D eigenvalue weighted by atomic mass is 9.70. The quantitative estimate of drug-likeness (QED) is 0.345. The largest absolute Gasteiger partial charge is 0.507 e. The molecule has 2 heterocycles. The fourth-order valence-corrected chi connectivity index (χ4v) is 4.74. The Morgan fingerprint density at radius 2 is 1.83 bits per heavy atom. The normalized spacial score (nSPS) is 21.2. The van der Waals surface area contributed by atoms with Crippen molar-refractivity contribution in [3.8, 4) is 28.7 Å². The van der Waals surface area contributed by atoms with Gasteiger partial charge in [-0.2, -0.15) is 0 Å². The van der Waals surface area contributed by atoms with E-state index in [4.69, 9.17) is 14.2 Å². The first kappa shape index (κ1) is 22.5. The first-order valence-corrected chi connectivity index (χ1v) is 11.0. The van der Waals surface area contributed by atoms with Crippen molar-refractivity contribution in [2.75, 3.05) is 6.79 Å². The number of allylic oxidation sites excluding steroid dienone is 4. The Balaban J connectivity index is 1.55. The van der Waals surface area contributed by atoms with Gasteiger partial charge in [0.25, 0.3) is 0 Å². The van der Waals surface area contributed by atoms with Crippen LogP contribution in [0.5, 0.6) is 28.7 Å². The van der Waals surface area contributed by atoms with E-state index >= 15 is 0 Å². The Kier molecular flexibility index (Phi) is 4.91. The molecular formula is C26H23NO8. The van der Waals surface area contributed by atoms with Gasteiger partial charge in [-0.25, -0.2) is 0 Å². The van der Waals surface area contributed by atoms with Gasteiger partial charge >= 0.3 is 0 Å². The van der Waals surface area contributed by atoms with Crippen LogP contribution in [0.15, 0.2) is 41.3 Å². The predicted molar refractivity (Wildman–Crippen MR) is 123 cm³/mol. The van der Waals surface area contributed by atoms with E-state index in [9.17, 15) is 24.6 Å². The second-order valence-corrected chi connectivity index (χ2v) is 8.93. The van der Waals surface area contributed by atoms with Crippen molar-refractivity contribution in [1.29, 1.82) is 0 Å². The fourth-order valence-electron chi connectivity index (χ4n) is 4.74. The molecule has 0 amide bonds. The van der Waals surface area contributed by atoms with Gasteiger partial charge in [0.15, 0.2) is 28.8 Å². The molecule has 3 aliphatic rings. The van der Waals surface area contributed by atoms with Crippen LogP contribution in [0.1, 0.15) is 47.8 Å². The maximum absolute atomic E-state index is 13.8. The minimum atomic E-state index is -1.55. The van der Waals surface area contributed by atoms with Crippen molar-refractivity contribution in [3.05, 3.63) is 63.6 Å². The Hall–Kier alpha value is -4.27. The van der Waals surface area contributed by atoms with E-state index in [0.717, 1.165) is 5.56 Å². The Morgan fingerprint density at radius 1 is 1.11 bits per heavy atom. The maximum Gasteiger partial charge on any atom is 0.231 e. The number of rotatable bonds is 4. The van der Waals surface area contributed by atoms with Crippen LogP contribution in [-0.4, -0.2) is 34.4 Å². The van der Waals surface area contributed by atoms with E-state index in [0.29, 0.717) is 23.7 Å². The average Bonchev–Trinajstić information content (AvgIpc) is 3.38. The van der Waals surface area contributed by atoms with Crippen LogP contribution in [0.4, 0.5) is 0 Å². The molecule has 2 aromatic carbocycles. The SMILES string of the molecule is CC(=O)c1c(O)c(C)c(O)c2c1OC1=CC(=O)/C(=C(/C)NCc3ccc4c(c3)OCO4)C(=O)[C@@]12C. The molecule has 1 aliphatic carbocycles. The average molecular weight is 477 g/mol. The van der Waals surface area contributed by atoms with Crippen LogP contribution in [-0.2, 0) is 21.5 Å². The summed E-state index contributed by atoms with van der Waals surface area (Å²) in [6.07, 6.45) is 1.19. The Labute approximate surface area is 200 Å². The van der Waals surface area contributed by atoms with Gasteiger partial charge in [-0.1, -0.05) is 6.07 Å². The highest BCUT2D eigenvalue weighted by molar-refractivity contribution is 6.31. The molecule has 0 aromatic heterocycles. The number of phenolic OH excluding ortho intramolecular Hbond substituents is 2. The molecule has 35 heavy (non-hydrogen) atoms. The summed E-state index contributed by atoms with van der Waals surface area (Å²) in [6.45, 7) is 6.32. The Morgan fingerprint density at radius 3 is 2.54 bits per heavy atom. The van der Waals surface area contributed by atoms with Gasteiger partial charge in [0.1, 0.15) is 34.0 Å². The van der Waals surface area contributed by atoms with Gasteiger partial charge in [0.2, 0.25) is 6.79 Å². The third-order valence-electron chi connectivity index (χ3n) is 6.75. The number of aromatic hydroxyl groups is 2. The van der Waals surface area contributed by atoms with Gasteiger partial charge in [0, 0.05) is 23.9 Å². The molecule has 3 N–H and O–H groups in total. The summed E-state index contributed by atoms with van der Waals surface area (Å²) in [5.74, 6) is -1.26. The van der Waals surface area contributed by atoms with E-state index in [1.165, 1.54) is 26.8 Å². The molecular weight excluding hydrogens is 454 g/mol. The molecule has 5 rings (SSSR count). The van der Waals surface area contributed by atoms with Crippen LogP contribution in [0.2, 0.25) is 0 Å². The lowest BCUT2D eigenvalue weighted by molar-refractivity contribution is -0.123. The molecule has 0 saturated heterocycles. The highest BCUT2D eigenvalue weighted by Crippen LogP contribution is 2.57. The summed E-state index contributed by atoms with van der Waals surface area (Å²) < 4.78 is 16.5. The molecule has 180 valence electrons. The molecule has 0 radical (unpaired) electrons. The standard InChI is InChI=1S/C26H23NO8/c1-11-22(30)20(13(3)28)24-21(23(11)31)26(4)18(35-24)8-15(29)19(25(26)32)12(2)27-9-14-5-6-16-17(7-14)34-10-33-16/h5-8,27,30-31H,9-10H2,1-4H3/b19-12+/t26-/m0/s1. The molecule has 0 saturated carbocycles. The number of carbonyl (C=O) groups is 3. The molecule has 2 aromatic rings. The summed E-state index contributed by atoms with van der Waals surface area (Å²) in [7, 11) is 0. The van der Waals surface area contributed by atoms with Crippen LogP contribution < -0.4 is 19.5 Å². The van der Waals surface area contributed by atoms with Gasteiger partial charge in [-0.3, -0.25) is 14.4 Å². The number of ketones is 3. The zero-order valence-corrected chi connectivity index (χ0v) is 19.6. The number of hydrogen-bond donors (Lipinski definition) is 3. The molecule has 0 bridgehead atoms. The lowest BCUT2D eigenvalue weighted by Crippen LogP contribution is -2.41. The number of hydrogen-bond acceptors (Lipinski definition) is 9. The zero-order valence-electron chi connectivity index (χ0n) is 19.6. The van der Waals surface area contributed by atoms with Crippen LogP contribution in [0.25, 0.3) is 0 Å². The number of phenols is 2.